The molecule has 1 heteroatoms. The Morgan fingerprint density at radius 3 is 1.79 bits per heavy atom. The van der Waals surface area contributed by atoms with Gasteiger partial charge in [0.05, 0.1) is 0 Å². The summed E-state index contributed by atoms with van der Waals surface area (Å²) in [5.74, 6) is 0.898. The SMILES string of the molecule is CC(C)CCCCCCCCCCN1CCCCC1. The summed E-state index contributed by atoms with van der Waals surface area (Å²) in [6.07, 6.45) is 17.5. The van der Waals surface area contributed by atoms with Crippen molar-refractivity contribution in [2.45, 2.75) is 90.9 Å². The van der Waals surface area contributed by atoms with Crippen molar-refractivity contribution in [3.63, 3.8) is 0 Å². The van der Waals surface area contributed by atoms with Crippen LogP contribution in [0.15, 0.2) is 0 Å². The van der Waals surface area contributed by atoms with E-state index in [2.05, 4.69) is 18.7 Å². The maximum atomic E-state index is 2.68. The lowest BCUT2D eigenvalue weighted by Gasteiger charge is -2.26. The van der Waals surface area contributed by atoms with Gasteiger partial charge in [0.2, 0.25) is 0 Å². The highest BCUT2D eigenvalue weighted by Crippen LogP contribution is 2.13. The van der Waals surface area contributed by atoms with Gasteiger partial charge in [0.15, 0.2) is 0 Å². The highest BCUT2D eigenvalue weighted by Gasteiger charge is 2.08. The van der Waals surface area contributed by atoms with E-state index >= 15 is 0 Å². The van der Waals surface area contributed by atoms with Crippen LogP contribution < -0.4 is 0 Å². The molecule has 0 amide bonds. The fourth-order valence-corrected chi connectivity index (χ4v) is 3.13. The molecule has 0 aliphatic carbocycles. The van der Waals surface area contributed by atoms with E-state index in [1.165, 1.54) is 96.7 Å². The minimum Gasteiger partial charge on any atom is -0.303 e. The van der Waals surface area contributed by atoms with E-state index in [1.54, 1.807) is 0 Å². The number of rotatable bonds is 11. The van der Waals surface area contributed by atoms with Crippen LogP contribution in [0.25, 0.3) is 0 Å². The van der Waals surface area contributed by atoms with Gasteiger partial charge in [0, 0.05) is 0 Å². The second-order valence-corrected chi connectivity index (χ2v) is 6.91. The zero-order valence-corrected chi connectivity index (χ0v) is 13.6. The predicted molar refractivity (Wildman–Crippen MR) is 86.7 cm³/mol. The molecular weight excluding hydrogens is 230 g/mol. The molecule has 1 heterocycles. The molecule has 0 aromatic carbocycles. The largest absolute Gasteiger partial charge is 0.303 e. The molecule has 1 aliphatic heterocycles. The lowest BCUT2D eigenvalue weighted by atomic mass is 10.0. The van der Waals surface area contributed by atoms with Gasteiger partial charge in [-0.15, -0.1) is 0 Å². The second-order valence-electron chi connectivity index (χ2n) is 6.91. The Balaban J connectivity index is 1.73. The van der Waals surface area contributed by atoms with Crippen molar-refractivity contribution in [1.82, 2.24) is 4.90 Å². The molecule has 0 N–H and O–H groups in total. The van der Waals surface area contributed by atoms with Crippen LogP contribution in [0.5, 0.6) is 0 Å². The average Bonchev–Trinajstić information content (AvgIpc) is 2.42. The number of unbranched alkanes of at least 4 members (excludes halogenated alkanes) is 7. The van der Waals surface area contributed by atoms with Crippen molar-refractivity contribution in [2.75, 3.05) is 19.6 Å². The zero-order chi connectivity index (χ0) is 13.8. The van der Waals surface area contributed by atoms with Crippen molar-refractivity contribution in [3.8, 4) is 0 Å². The van der Waals surface area contributed by atoms with Gasteiger partial charge in [-0.25, -0.2) is 0 Å². The first-order chi connectivity index (χ1) is 9.29. The molecular formula is C18H37N. The summed E-state index contributed by atoms with van der Waals surface area (Å²) in [6, 6.07) is 0. The summed E-state index contributed by atoms with van der Waals surface area (Å²) in [6.45, 7) is 8.78. The van der Waals surface area contributed by atoms with Crippen LogP contribution >= 0.6 is 0 Å². The molecule has 1 nitrogen and oxygen atoms in total. The monoisotopic (exact) mass is 267 g/mol. The summed E-state index contributed by atoms with van der Waals surface area (Å²) in [7, 11) is 0. The Kier molecular flexibility index (Phi) is 10.5. The van der Waals surface area contributed by atoms with Crippen LogP contribution in [0.2, 0.25) is 0 Å². The lowest BCUT2D eigenvalue weighted by molar-refractivity contribution is 0.224. The van der Waals surface area contributed by atoms with Gasteiger partial charge in [0.1, 0.15) is 0 Å². The molecule has 0 spiro atoms. The van der Waals surface area contributed by atoms with Gasteiger partial charge in [-0.3, -0.25) is 0 Å². The fraction of sp³-hybridized carbons (Fsp3) is 1.00. The summed E-state index contributed by atoms with van der Waals surface area (Å²) < 4.78 is 0. The Morgan fingerprint density at radius 2 is 1.21 bits per heavy atom. The molecule has 0 radical (unpaired) electrons. The van der Waals surface area contributed by atoms with Crippen molar-refractivity contribution >= 4 is 0 Å². The van der Waals surface area contributed by atoms with E-state index < -0.39 is 0 Å². The van der Waals surface area contributed by atoms with E-state index in [4.69, 9.17) is 0 Å². The van der Waals surface area contributed by atoms with Crippen LogP contribution in [0.4, 0.5) is 0 Å². The van der Waals surface area contributed by atoms with Gasteiger partial charge in [-0.2, -0.15) is 0 Å². The molecule has 0 atom stereocenters. The van der Waals surface area contributed by atoms with Crippen molar-refractivity contribution < 1.29 is 0 Å². The van der Waals surface area contributed by atoms with Crippen molar-refractivity contribution in [1.29, 1.82) is 0 Å². The highest BCUT2D eigenvalue weighted by atomic mass is 15.1. The summed E-state index contributed by atoms with van der Waals surface area (Å²) in [5.41, 5.74) is 0. The molecule has 0 aromatic heterocycles. The maximum absolute atomic E-state index is 2.68. The topological polar surface area (TPSA) is 3.24 Å². The van der Waals surface area contributed by atoms with E-state index in [1.807, 2.05) is 0 Å². The van der Waals surface area contributed by atoms with Crippen molar-refractivity contribution in [3.05, 3.63) is 0 Å². The number of hydrogen-bond acceptors (Lipinski definition) is 1. The molecule has 1 rings (SSSR count). The molecule has 0 saturated carbocycles. The van der Waals surface area contributed by atoms with Crippen molar-refractivity contribution in [2.24, 2.45) is 5.92 Å². The van der Waals surface area contributed by atoms with E-state index in [9.17, 15) is 0 Å². The molecule has 1 fully saturated rings. The van der Waals surface area contributed by atoms with Crippen LogP contribution in [0.1, 0.15) is 90.9 Å². The summed E-state index contributed by atoms with van der Waals surface area (Å²) >= 11 is 0. The fourth-order valence-electron chi connectivity index (χ4n) is 3.13. The van der Waals surface area contributed by atoms with Gasteiger partial charge < -0.3 is 4.90 Å². The quantitative estimate of drug-likeness (QED) is 0.438. The lowest BCUT2D eigenvalue weighted by Crippen LogP contribution is -2.30. The third kappa shape index (κ3) is 10.4. The molecule has 0 bridgehead atoms. The predicted octanol–water partition coefficient (Wildman–Crippen LogP) is 5.64. The molecule has 0 aromatic rings. The third-order valence-electron chi connectivity index (χ3n) is 4.45. The first kappa shape index (κ1) is 17.0. The summed E-state index contributed by atoms with van der Waals surface area (Å²) in [4.78, 5) is 2.68. The average molecular weight is 268 g/mol. The molecule has 1 aliphatic rings. The molecule has 0 unspecified atom stereocenters. The highest BCUT2D eigenvalue weighted by molar-refractivity contribution is 4.64. The zero-order valence-electron chi connectivity index (χ0n) is 13.6. The smallest absolute Gasteiger partial charge is 0.00187 e. The number of likely N-dealkylation sites (tertiary alicyclic amines) is 1. The van der Waals surface area contributed by atoms with Gasteiger partial charge >= 0.3 is 0 Å². The first-order valence-corrected chi connectivity index (χ1v) is 9.01. The van der Waals surface area contributed by atoms with Gasteiger partial charge in [-0.05, 0) is 44.8 Å². The van der Waals surface area contributed by atoms with E-state index in [-0.39, 0.29) is 0 Å². The van der Waals surface area contributed by atoms with Crippen LogP contribution in [0, 0.1) is 5.92 Å². The van der Waals surface area contributed by atoms with Crippen LogP contribution in [-0.2, 0) is 0 Å². The summed E-state index contributed by atoms with van der Waals surface area (Å²) in [5, 5.41) is 0. The van der Waals surface area contributed by atoms with E-state index in [0.717, 1.165) is 5.92 Å². The second kappa shape index (κ2) is 11.8. The Bertz CT molecular complexity index is 182. The normalized spacial score (nSPS) is 17.2. The molecule has 19 heavy (non-hydrogen) atoms. The number of hydrogen-bond donors (Lipinski definition) is 0. The minimum atomic E-state index is 0.898. The standard InChI is InChI=1S/C18H37N/c1-18(2)14-10-7-5-3-4-6-8-11-15-19-16-12-9-13-17-19/h18H,3-17H2,1-2H3. The Hall–Kier alpha value is -0.0400. The van der Waals surface area contributed by atoms with Gasteiger partial charge in [-0.1, -0.05) is 71.6 Å². The van der Waals surface area contributed by atoms with Gasteiger partial charge in [0.25, 0.3) is 0 Å². The molecule has 1 saturated heterocycles. The molecule has 114 valence electrons. The van der Waals surface area contributed by atoms with Crippen LogP contribution in [0.3, 0.4) is 0 Å². The van der Waals surface area contributed by atoms with Crippen LogP contribution in [-0.4, -0.2) is 24.5 Å². The number of nitrogens with zero attached hydrogens (tertiary/aromatic N) is 1. The Morgan fingerprint density at radius 1 is 0.684 bits per heavy atom. The maximum Gasteiger partial charge on any atom is -0.00187 e. The first-order valence-electron chi connectivity index (χ1n) is 9.01. The Labute approximate surface area is 122 Å². The minimum absolute atomic E-state index is 0.898. The third-order valence-corrected chi connectivity index (χ3v) is 4.45. The number of piperidine rings is 1. The van der Waals surface area contributed by atoms with E-state index in [0.29, 0.717) is 0 Å².